The Labute approximate surface area is 156 Å². The van der Waals surface area contributed by atoms with Crippen molar-refractivity contribution < 1.29 is 19.4 Å². The summed E-state index contributed by atoms with van der Waals surface area (Å²) in [6.07, 6.45) is 0. The zero-order valence-electron chi connectivity index (χ0n) is 14.4. The van der Waals surface area contributed by atoms with Crippen molar-refractivity contribution in [3.05, 3.63) is 56.3 Å². The maximum atomic E-state index is 12.6. The summed E-state index contributed by atoms with van der Waals surface area (Å²) in [6.45, 7) is 5.32. The second-order valence-electron chi connectivity index (χ2n) is 5.66. The monoisotopic (exact) mass is 383 g/mol. The minimum Gasteiger partial charge on any atom is -0.478 e. The molecule has 1 aromatic carbocycles. The van der Waals surface area contributed by atoms with Crippen molar-refractivity contribution in [2.24, 2.45) is 0 Å². The summed E-state index contributed by atoms with van der Waals surface area (Å²) in [5.41, 5.74) is 1.92. The highest BCUT2D eigenvalue weighted by Gasteiger charge is 2.40. The second kappa shape index (κ2) is 7.50. The largest absolute Gasteiger partial charge is 0.478 e. The van der Waals surface area contributed by atoms with Crippen LogP contribution in [0.1, 0.15) is 32.3 Å². The van der Waals surface area contributed by atoms with Gasteiger partial charge in [0.05, 0.1) is 33.7 Å². The smallest absolute Gasteiger partial charge is 0.336 e. The molecule has 1 N–H and O–H groups in total. The SMILES string of the molecule is CCOC(=O)C1=C(C)N(C)C(C)=C(C(=O)O)C1c1cccc(Cl)c1Cl. The number of carboxylic acid groups (broad SMARTS) is 1. The first-order valence-corrected chi connectivity index (χ1v) is 8.47. The molecule has 0 radical (unpaired) electrons. The van der Waals surface area contributed by atoms with Crippen molar-refractivity contribution in [1.29, 1.82) is 0 Å². The standard InChI is InChI=1S/C18H19Cl2NO4/c1-5-25-18(24)14-10(3)21(4)9(2)13(17(22)23)15(14)11-7-6-8-12(19)16(11)20/h6-8,15H,5H2,1-4H3,(H,22,23). The van der Waals surface area contributed by atoms with Gasteiger partial charge >= 0.3 is 11.9 Å². The summed E-state index contributed by atoms with van der Waals surface area (Å²) in [7, 11) is 1.71. The van der Waals surface area contributed by atoms with E-state index >= 15 is 0 Å². The third kappa shape index (κ3) is 3.39. The van der Waals surface area contributed by atoms with Crippen LogP contribution in [-0.2, 0) is 14.3 Å². The molecule has 0 fully saturated rings. The number of carbonyl (C=O) groups excluding carboxylic acids is 1. The van der Waals surface area contributed by atoms with Gasteiger partial charge in [-0.25, -0.2) is 9.59 Å². The summed E-state index contributed by atoms with van der Waals surface area (Å²) in [5, 5.41) is 10.3. The predicted molar refractivity (Wildman–Crippen MR) is 96.6 cm³/mol. The molecule has 0 saturated carbocycles. The van der Waals surface area contributed by atoms with Gasteiger partial charge in [-0.05, 0) is 32.4 Å². The van der Waals surface area contributed by atoms with Crippen LogP contribution >= 0.6 is 23.2 Å². The maximum Gasteiger partial charge on any atom is 0.336 e. The number of halogens is 2. The first-order chi connectivity index (χ1) is 11.7. The topological polar surface area (TPSA) is 66.8 Å². The third-order valence-corrected chi connectivity index (χ3v) is 5.21. The van der Waals surface area contributed by atoms with Gasteiger partial charge in [-0.2, -0.15) is 0 Å². The van der Waals surface area contributed by atoms with Crippen LogP contribution in [0.2, 0.25) is 10.0 Å². The van der Waals surface area contributed by atoms with Gasteiger partial charge in [0, 0.05) is 18.4 Å². The quantitative estimate of drug-likeness (QED) is 0.788. The Balaban J connectivity index is 2.80. The van der Waals surface area contributed by atoms with E-state index in [-0.39, 0.29) is 22.8 Å². The fraction of sp³-hybridized carbons (Fsp3) is 0.333. The lowest BCUT2D eigenvalue weighted by Gasteiger charge is -2.35. The zero-order chi connectivity index (χ0) is 18.9. The Bertz CT molecular complexity index is 798. The van der Waals surface area contributed by atoms with Crippen molar-refractivity contribution in [3.8, 4) is 0 Å². The molecule has 0 amide bonds. The third-order valence-electron chi connectivity index (χ3n) is 4.38. The molecule has 0 spiro atoms. The van der Waals surface area contributed by atoms with E-state index in [4.69, 9.17) is 27.9 Å². The average Bonchev–Trinajstić information content (AvgIpc) is 2.54. The Morgan fingerprint density at radius 1 is 1.20 bits per heavy atom. The summed E-state index contributed by atoms with van der Waals surface area (Å²) in [6, 6.07) is 4.96. The van der Waals surface area contributed by atoms with Crippen molar-refractivity contribution in [1.82, 2.24) is 4.90 Å². The number of hydrogen-bond donors (Lipinski definition) is 1. The van der Waals surface area contributed by atoms with Crippen LogP contribution < -0.4 is 0 Å². The number of carbonyl (C=O) groups is 2. The van der Waals surface area contributed by atoms with Crippen LogP contribution in [-0.4, -0.2) is 35.6 Å². The summed E-state index contributed by atoms with van der Waals surface area (Å²) in [4.78, 5) is 26.3. The Morgan fingerprint density at radius 3 is 2.36 bits per heavy atom. The van der Waals surface area contributed by atoms with Crippen molar-refractivity contribution in [2.45, 2.75) is 26.7 Å². The number of aliphatic carboxylic acids is 1. The van der Waals surface area contributed by atoms with E-state index in [9.17, 15) is 14.7 Å². The Morgan fingerprint density at radius 2 is 1.80 bits per heavy atom. The first-order valence-electron chi connectivity index (χ1n) is 7.71. The van der Waals surface area contributed by atoms with Gasteiger partial charge in [-0.15, -0.1) is 0 Å². The van der Waals surface area contributed by atoms with Crippen LogP contribution in [0.4, 0.5) is 0 Å². The molecule has 5 nitrogen and oxygen atoms in total. The molecular weight excluding hydrogens is 365 g/mol. The molecule has 1 unspecified atom stereocenters. The molecule has 1 heterocycles. The fourth-order valence-corrected chi connectivity index (χ4v) is 3.40. The number of carboxylic acids is 1. The Hall–Kier alpha value is -1.98. The van der Waals surface area contributed by atoms with Crippen LogP contribution in [0.25, 0.3) is 0 Å². The molecule has 0 aliphatic carbocycles. The van der Waals surface area contributed by atoms with Crippen molar-refractivity contribution >= 4 is 35.1 Å². The molecule has 1 aliphatic rings. The van der Waals surface area contributed by atoms with Gasteiger partial charge in [0.2, 0.25) is 0 Å². The molecule has 0 bridgehead atoms. The van der Waals surface area contributed by atoms with E-state index in [1.54, 1.807) is 50.9 Å². The molecule has 1 aromatic rings. The lowest BCUT2D eigenvalue weighted by Crippen LogP contribution is -2.33. The number of hydrogen-bond acceptors (Lipinski definition) is 4. The normalized spacial score (nSPS) is 17.8. The minimum atomic E-state index is -1.13. The van der Waals surface area contributed by atoms with E-state index in [1.165, 1.54) is 0 Å². The van der Waals surface area contributed by atoms with Gasteiger partial charge in [0.25, 0.3) is 0 Å². The van der Waals surface area contributed by atoms with Crippen LogP contribution in [0.15, 0.2) is 40.7 Å². The zero-order valence-corrected chi connectivity index (χ0v) is 15.9. The molecule has 134 valence electrons. The van der Waals surface area contributed by atoms with Gasteiger partial charge in [-0.1, -0.05) is 35.3 Å². The van der Waals surface area contributed by atoms with Gasteiger partial charge < -0.3 is 14.7 Å². The molecule has 7 heteroatoms. The minimum absolute atomic E-state index is 0.0697. The van der Waals surface area contributed by atoms with Crippen molar-refractivity contribution in [3.63, 3.8) is 0 Å². The lowest BCUT2D eigenvalue weighted by molar-refractivity contribution is -0.139. The van der Waals surface area contributed by atoms with Gasteiger partial charge in [0.1, 0.15) is 0 Å². The number of nitrogens with zero attached hydrogens (tertiary/aromatic N) is 1. The molecule has 0 aromatic heterocycles. The highest BCUT2D eigenvalue weighted by Crippen LogP contribution is 2.45. The second-order valence-corrected chi connectivity index (χ2v) is 6.44. The first kappa shape index (κ1) is 19.3. The Kier molecular flexibility index (Phi) is 5.80. The van der Waals surface area contributed by atoms with Crippen LogP contribution in [0.5, 0.6) is 0 Å². The predicted octanol–water partition coefficient (Wildman–Crippen LogP) is 4.22. The molecule has 1 aliphatic heterocycles. The molecule has 1 atom stereocenters. The highest BCUT2D eigenvalue weighted by molar-refractivity contribution is 6.42. The molecule has 0 saturated heterocycles. The van der Waals surface area contributed by atoms with E-state index in [2.05, 4.69) is 0 Å². The van der Waals surface area contributed by atoms with Gasteiger partial charge in [-0.3, -0.25) is 0 Å². The van der Waals surface area contributed by atoms with Crippen LogP contribution in [0.3, 0.4) is 0 Å². The van der Waals surface area contributed by atoms with Crippen LogP contribution in [0, 0.1) is 0 Å². The maximum absolute atomic E-state index is 12.6. The van der Waals surface area contributed by atoms with E-state index in [0.29, 0.717) is 22.0 Å². The number of allylic oxidation sites excluding steroid dienone is 2. The van der Waals surface area contributed by atoms with Crippen molar-refractivity contribution in [2.75, 3.05) is 13.7 Å². The molecule has 25 heavy (non-hydrogen) atoms. The average molecular weight is 384 g/mol. The van der Waals surface area contributed by atoms with E-state index in [1.807, 2.05) is 0 Å². The van der Waals surface area contributed by atoms with Gasteiger partial charge in [0.15, 0.2) is 0 Å². The number of esters is 1. The number of benzene rings is 1. The van der Waals surface area contributed by atoms with E-state index in [0.717, 1.165) is 0 Å². The molecule has 2 rings (SSSR count). The fourth-order valence-electron chi connectivity index (χ4n) is 2.98. The molecular formula is C18H19Cl2NO4. The highest BCUT2D eigenvalue weighted by atomic mass is 35.5. The summed E-state index contributed by atoms with van der Waals surface area (Å²) < 4.78 is 5.17. The number of rotatable bonds is 4. The number of ether oxygens (including phenoxy) is 1. The summed E-state index contributed by atoms with van der Waals surface area (Å²) in [5.74, 6) is -2.56. The van der Waals surface area contributed by atoms with E-state index < -0.39 is 17.9 Å². The summed E-state index contributed by atoms with van der Waals surface area (Å²) >= 11 is 12.5. The lowest BCUT2D eigenvalue weighted by atomic mass is 9.80.